The Morgan fingerprint density at radius 3 is 2.67 bits per heavy atom. The van der Waals surface area contributed by atoms with Gasteiger partial charge in [0.2, 0.25) is 0 Å². The minimum atomic E-state index is 0.375. The van der Waals surface area contributed by atoms with Crippen molar-refractivity contribution in [2.75, 3.05) is 0 Å². The van der Waals surface area contributed by atoms with Crippen LogP contribution in [0.15, 0.2) is 22.0 Å². The van der Waals surface area contributed by atoms with E-state index in [1.807, 2.05) is 0 Å². The van der Waals surface area contributed by atoms with E-state index in [1.165, 1.54) is 0 Å². The Morgan fingerprint density at radius 1 is 1.56 bits per heavy atom. The van der Waals surface area contributed by atoms with Crippen molar-refractivity contribution in [2.45, 2.75) is 32.7 Å². The van der Waals surface area contributed by atoms with Gasteiger partial charge in [-0.3, -0.25) is 0 Å². The Hall–Kier alpha value is -0.660. The van der Waals surface area contributed by atoms with Gasteiger partial charge in [-0.1, -0.05) is 13.8 Å². The van der Waals surface area contributed by atoms with Crippen LogP contribution in [0, 0.1) is 0 Å². The Labute approximate surface area is 55.7 Å². The van der Waals surface area contributed by atoms with Crippen LogP contribution in [0.2, 0.25) is 0 Å². The van der Waals surface area contributed by atoms with Crippen LogP contribution < -0.4 is 0 Å². The van der Waals surface area contributed by atoms with Gasteiger partial charge in [-0.05, 0) is 18.9 Å². The molecule has 0 saturated carbocycles. The van der Waals surface area contributed by atoms with E-state index in [9.17, 15) is 0 Å². The standard InChI is InChI=1S/C7H12N2/c1-3-6-5-7(4-2)9-8-6/h5-6H,3-4H2,1-2H3. The monoisotopic (exact) mass is 124 g/mol. The van der Waals surface area contributed by atoms with Gasteiger partial charge in [0.1, 0.15) is 0 Å². The summed E-state index contributed by atoms with van der Waals surface area (Å²) in [4.78, 5) is 0. The average molecular weight is 124 g/mol. The average Bonchev–Trinajstić information content (AvgIpc) is 2.34. The number of rotatable bonds is 2. The summed E-state index contributed by atoms with van der Waals surface area (Å²) in [7, 11) is 0. The fourth-order valence-electron chi connectivity index (χ4n) is 0.825. The van der Waals surface area contributed by atoms with Crippen molar-refractivity contribution in [1.82, 2.24) is 0 Å². The molecular formula is C7H12N2. The summed E-state index contributed by atoms with van der Waals surface area (Å²) in [5, 5.41) is 8.03. The third-order valence-electron chi connectivity index (χ3n) is 1.50. The Morgan fingerprint density at radius 2 is 2.33 bits per heavy atom. The van der Waals surface area contributed by atoms with Crippen LogP contribution in [0.1, 0.15) is 26.7 Å². The van der Waals surface area contributed by atoms with E-state index < -0.39 is 0 Å². The van der Waals surface area contributed by atoms with Crippen molar-refractivity contribution in [3.05, 3.63) is 11.8 Å². The molecule has 1 aliphatic rings. The summed E-state index contributed by atoms with van der Waals surface area (Å²) in [6.07, 6.45) is 4.23. The maximum absolute atomic E-state index is 4.04. The van der Waals surface area contributed by atoms with Crippen LogP contribution in [-0.2, 0) is 0 Å². The molecule has 1 aliphatic heterocycles. The molecule has 2 nitrogen and oxygen atoms in total. The van der Waals surface area contributed by atoms with Crippen LogP contribution >= 0.6 is 0 Å². The molecule has 50 valence electrons. The normalized spacial score (nSPS) is 24.7. The summed E-state index contributed by atoms with van der Waals surface area (Å²) < 4.78 is 0. The van der Waals surface area contributed by atoms with Gasteiger partial charge in [0.15, 0.2) is 0 Å². The first-order chi connectivity index (χ1) is 4.36. The van der Waals surface area contributed by atoms with Crippen LogP contribution in [-0.4, -0.2) is 6.04 Å². The molecule has 1 unspecified atom stereocenters. The first-order valence-electron chi connectivity index (χ1n) is 3.48. The van der Waals surface area contributed by atoms with Gasteiger partial charge < -0.3 is 0 Å². The highest BCUT2D eigenvalue weighted by atomic mass is 15.1. The zero-order valence-corrected chi connectivity index (χ0v) is 5.96. The lowest BCUT2D eigenvalue weighted by Gasteiger charge is -1.91. The van der Waals surface area contributed by atoms with Gasteiger partial charge in [0, 0.05) is 0 Å². The van der Waals surface area contributed by atoms with Gasteiger partial charge in [0.25, 0.3) is 0 Å². The minimum absolute atomic E-state index is 0.375. The number of hydrogen-bond acceptors (Lipinski definition) is 2. The second-order valence-corrected chi connectivity index (χ2v) is 2.20. The fourth-order valence-corrected chi connectivity index (χ4v) is 0.825. The fraction of sp³-hybridized carbons (Fsp3) is 0.714. The number of allylic oxidation sites excluding steroid dienone is 1. The molecular weight excluding hydrogens is 112 g/mol. The molecule has 0 saturated heterocycles. The molecule has 0 N–H and O–H groups in total. The molecule has 0 aromatic heterocycles. The zero-order valence-electron chi connectivity index (χ0n) is 5.96. The van der Waals surface area contributed by atoms with E-state index in [1.54, 1.807) is 0 Å². The molecule has 1 heterocycles. The third-order valence-corrected chi connectivity index (χ3v) is 1.50. The molecule has 0 bridgehead atoms. The van der Waals surface area contributed by atoms with E-state index in [-0.39, 0.29) is 0 Å². The van der Waals surface area contributed by atoms with E-state index in [4.69, 9.17) is 0 Å². The lowest BCUT2D eigenvalue weighted by molar-refractivity contribution is 0.768. The quantitative estimate of drug-likeness (QED) is 0.540. The van der Waals surface area contributed by atoms with E-state index >= 15 is 0 Å². The SMILES string of the molecule is CCC1=CC(CC)N=N1. The van der Waals surface area contributed by atoms with E-state index in [0.717, 1.165) is 18.5 Å². The Balaban J connectivity index is 2.52. The lowest BCUT2D eigenvalue weighted by atomic mass is 10.2. The molecule has 9 heavy (non-hydrogen) atoms. The highest BCUT2D eigenvalue weighted by molar-refractivity contribution is 5.08. The van der Waals surface area contributed by atoms with Crippen LogP contribution in [0.3, 0.4) is 0 Å². The minimum Gasteiger partial charge on any atom is -0.181 e. The maximum atomic E-state index is 4.04. The number of hydrogen-bond donors (Lipinski definition) is 0. The molecule has 0 radical (unpaired) electrons. The Bertz CT molecular complexity index is 147. The van der Waals surface area contributed by atoms with Crippen LogP contribution in [0.5, 0.6) is 0 Å². The first kappa shape index (κ1) is 6.46. The smallest absolute Gasteiger partial charge is 0.0911 e. The Kier molecular flexibility index (Phi) is 1.98. The summed E-state index contributed by atoms with van der Waals surface area (Å²) >= 11 is 0. The summed E-state index contributed by atoms with van der Waals surface area (Å²) in [6, 6.07) is 0.375. The van der Waals surface area contributed by atoms with Crippen molar-refractivity contribution >= 4 is 0 Å². The lowest BCUT2D eigenvalue weighted by Crippen LogP contribution is -1.91. The maximum Gasteiger partial charge on any atom is 0.0911 e. The summed E-state index contributed by atoms with van der Waals surface area (Å²) in [5.74, 6) is 0. The number of azo groups is 1. The molecule has 0 aromatic rings. The molecule has 0 aromatic carbocycles. The largest absolute Gasteiger partial charge is 0.181 e. The van der Waals surface area contributed by atoms with Crippen LogP contribution in [0.25, 0.3) is 0 Å². The molecule has 1 atom stereocenters. The summed E-state index contributed by atoms with van der Waals surface area (Å²) in [6.45, 7) is 4.22. The van der Waals surface area contributed by atoms with Crippen molar-refractivity contribution in [3.8, 4) is 0 Å². The number of nitrogens with zero attached hydrogens (tertiary/aromatic N) is 2. The van der Waals surface area contributed by atoms with Gasteiger partial charge >= 0.3 is 0 Å². The molecule has 0 aliphatic carbocycles. The van der Waals surface area contributed by atoms with E-state index in [2.05, 4.69) is 30.2 Å². The van der Waals surface area contributed by atoms with Gasteiger partial charge in [-0.25, -0.2) is 0 Å². The van der Waals surface area contributed by atoms with Gasteiger partial charge in [0.05, 0.1) is 11.7 Å². The highest BCUT2D eigenvalue weighted by Crippen LogP contribution is 2.16. The molecule has 1 rings (SSSR count). The third kappa shape index (κ3) is 1.37. The van der Waals surface area contributed by atoms with E-state index in [0.29, 0.717) is 6.04 Å². The zero-order chi connectivity index (χ0) is 6.69. The molecule has 0 spiro atoms. The molecule has 0 fully saturated rings. The van der Waals surface area contributed by atoms with Gasteiger partial charge in [-0.2, -0.15) is 10.2 Å². The second kappa shape index (κ2) is 2.76. The predicted molar refractivity (Wildman–Crippen MR) is 37.3 cm³/mol. The predicted octanol–water partition coefficient (Wildman–Crippen LogP) is 2.52. The highest BCUT2D eigenvalue weighted by Gasteiger charge is 2.07. The summed E-state index contributed by atoms with van der Waals surface area (Å²) in [5.41, 5.74) is 1.14. The van der Waals surface area contributed by atoms with Crippen LogP contribution in [0.4, 0.5) is 0 Å². The first-order valence-corrected chi connectivity index (χ1v) is 3.48. The second-order valence-electron chi connectivity index (χ2n) is 2.20. The van der Waals surface area contributed by atoms with Crippen molar-refractivity contribution in [2.24, 2.45) is 10.2 Å². The molecule has 0 amide bonds. The van der Waals surface area contributed by atoms with Gasteiger partial charge in [-0.15, -0.1) is 0 Å². The van der Waals surface area contributed by atoms with Crippen molar-refractivity contribution < 1.29 is 0 Å². The topological polar surface area (TPSA) is 24.7 Å². The molecule has 2 heteroatoms. The van der Waals surface area contributed by atoms with Crippen molar-refractivity contribution in [1.29, 1.82) is 0 Å². The van der Waals surface area contributed by atoms with Crippen molar-refractivity contribution in [3.63, 3.8) is 0 Å².